The Morgan fingerprint density at radius 2 is 1.95 bits per heavy atom. The van der Waals surface area contributed by atoms with Crippen molar-refractivity contribution in [3.05, 3.63) is 23.9 Å². The SMILES string of the molecule is CS(=O)(=O)CCCNS(=O)(=O)c1ccc(C(=O)O)cn1. The van der Waals surface area contributed by atoms with Gasteiger partial charge in [-0.3, -0.25) is 0 Å². The van der Waals surface area contributed by atoms with E-state index in [0.29, 0.717) is 0 Å². The molecule has 0 radical (unpaired) electrons. The van der Waals surface area contributed by atoms with Crippen LogP contribution in [-0.4, -0.2) is 51.4 Å². The van der Waals surface area contributed by atoms with Gasteiger partial charge in [-0.1, -0.05) is 0 Å². The number of nitrogens with zero attached hydrogens (tertiary/aromatic N) is 1. The van der Waals surface area contributed by atoms with Crippen molar-refractivity contribution in [1.29, 1.82) is 0 Å². The zero-order valence-electron chi connectivity index (χ0n) is 10.6. The van der Waals surface area contributed by atoms with E-state index in [2.05, 4.69) is 9.71 Å². The summed E-state index contributed by atoms with van der Waals surface area (Å²) in [5, 5.41) is 8.35. The molecule has 1 rings (SSSR count). The van der Waals surface area contributed by atoms with E-state index in [1.807, 2.05) is 0 Å². The van der Waals surface area contributed by atoms with Gasteiger partial charge in [0.25, 0.3) is 10.0 Å². The molecule has 0 aliphatic carbocycles. The highest BCUT2D eigenvalue weighted by atomic mass is 32.2. The monoisotopic (exact) mass is 322 g/mol. The van der Waals surface area contributed by atoms with Crippen LogP contribution in [0, 0.1) is 0 Å². The minimum absolute atomic E-state index is 0.0439. The normalized spacial score (nSPS) is 12.2. The molecular weight excluding hydrogens is 308 g/mol. The van der Waals surface area contributed by atoms with E-state index in [1.54, 1.807) is 0 Å². The Labute approximate surface area is 116 Å². The van der Waals surface area contributed by atoms with Crippen LogP contribution >= 0.6 is 0 Å². The summed E-state index contributed by atoms with van der Waals surface area (Å²) in [6.07, 6.45) is 2.15. The summed E-state index contributed by atoms with van der Waals surface area (Å²) < 4.78 is 47.5. The molecule has 20 heavy (non-hydrogen) atoms. The van der Waals surface area contributed by atoms with E-state index >= 15 is 0 Å². The van der Waals surface area contributed by atoms with Gasteiger partial charge in [-0.15, -0.1) is 0 Å². The van der Waals surface area contributed by atoms with Gasteiger partial charge in [-0.25, -0.2) is 31.3 Å². The quantitative estimate of drug-likeness (QED) is 0.647. The lowest BCUT2D eigenvalue weighted by molar-refractivity contribution is 0.0696. The van der Waals surface area contributed by atoms with Crippen LogP contribution in [-0.2, 0) is 19.9 Å². The molecule has 112 valence electrons. The summed E-state index contributed by atoms with van der Waals surface area (Å²) >= 11 is 0. The molecule has 0 unspecified atom stereocenters. The third-order valence-corrected chi connectivity index (χ3v) is 4.65. The minimum atomic E-state index is -3.87. The van der Waals surface area contributed by atoms with E-state index < -0.39 is 25.8 Å². The first-order valence-electron chi connectivity index (χ1n) is 5.48. The third-order valence-electron chi connectivity index (χ3n) is 2.24. The number of carbonyl (C=O) groups is 1. The number of rotatable bonds is 7. The van der Waals surface area contributed by atoms with Crippen molar-refractivity contribution in [3.8, 4) is 0 Å². The zero-order chi connectivity index (χ0) is 15.4. The molecule has 1 aromatic heterocycles. The minimum Gasteiger partial charge on any atom is -0.478 e. The summed E-state index contributed by atoms with van der Waals surface area (Å²) in [7, 11) is -7.01. The summed E-state index contributed by atoms with van der Waals surface area (Å²) in [6.45, 7) is -0.0439. The smallest absolute Gasteiger partial charge is 0.337 e. The van der Waals surface area contributed by atoms with Crippen LogP contribution in [0.25, 0.3) is 0 Å². The second-order valence-corrected chi connectivity index (χ2v) is 8.05. The molecule has 1 aromatic rings. The molecular formula is C10H14N2O6S2. The molecule has 1 heterocycles. The van der Waals surface area contributed by atoms with Crippen molar-refractivity contribution in [2.75, 3.05) is 18.6 Å². The first kappa shape index (κ1) is 16.5. The van der Waals surface area contributed by atoms with Crippen molar-refractivity contribution in [1.82, 2.24) is 9.71 Å². The summed E-state index contributed by atoms with van der Waals surface area (Å²) in [6, 6.07) is 2.20. The van der Waals surface area contributed by atoms with Crippen LogP contribution in [0.2, 0.25) is 0 Å². The van der Waals surface area contributed by atoms with Crippen LogP contribution in [0.3, 0.4) is 0 Å². The number of aromatic nitrogens is 1. The maximum absolute atomic E-state index is 11.8. The van der Waals surface area contributed by atoms with Gasteiger partial charge in [0.15, 0.2) is 5.03 Å². The summed E-state index contributed by atoms with van der Waals surface area (Å²) in [4.78, 5) is 14.2. The fourth-order valence-electron chi connectivity index (χ4n) is 1.28. The van der Waals surface area contributed by atoms with Crippen LogP contribution in [0.5, 0.6) is 0 Å². The number of hydrogen-bond donors (Lipinski definition) is 2. The third kappa shape index (κ3) is 5.23. The van der Waals surface area contributed by atoms with Gasteiger partial charge >= 0.3 is 5.97 Å². The van der Waals surface area contributed by atoms with Gasteiger partial charge in [-0.05, 0) is 18.6 Å². The van der Waals surface area contributed by atoms with Gasteiger partial charge in [0.2, 0.25) is 0 Å². The predicted octanol–water partition coefficient (Wildman–Crippen LogP) is -0.507. The van der Waals surface area contributed by atoms with Crippen LogP contribution < -0.4 is 4.72 Å². The van der Waals surface area contributed by atoms with Crippen molar-refractivity contribution in [3.63, 3.8) is 0 Å². The first-order chi connectivity index (χ1) is 9.12. The number of sulfonamides is 1. The fourth-order valence-corrected chi connectivity index (χ4v) is 2.95. The molecule has 0 saturated carbocycles. The Kier molecular flexibility index (Phi) is 5.20. The number of pyridine rings is 1. The van der Waals surface area contributed by atoms with Gasteiger partial charge in [0.05, 0.1) is 11.3 Å². The van der Waals surface area contributed by atoms with E-state index in [-0.39, 0.29) is 29.3 Å². The van der Waals surface area contributed by atoms with Crippen molar-refractivity contribution in [2.24, 2.45) is 0 Å². The van der Waals surface area contributed by atoms with Crippen LogP contribution in [0.1, 0.15) is 16.8 Å². The van der Waals surface area contributed by atoms with Crippen molar-refractivity contribution < 1.29 is 26.7 Å². The lowest BCUT2D eigenvalue weighted by Crippen LogP contribution is -2.27. The maximum atomic E-state index is 11.8. The van der Waals surface area contributed by atoms with Gasteiger partial charge in [0, 0.05) is 19.0 Å². The van der Waals surface area contributed by atoms with Crippen LogP contribution in [0.4, 0.5) is 0 Å². The number of nitrogens with one attached hydrogen (secondary N) is 1. The Balaban J connectivity index is 2.67. The Morgan fingerprint density at radius 3 is 2.40 bits per heavy atom. The number of carboxylic acid groups (broad SMARTS) is 1. The Morgan fingerprint density at radius 1 is 1.30 bits per heavy atom. The number of hydrogen-bond acceptors (Lipinski definition) is 6. The molecule has 0 saturated heterocycles. The highest BCUT2D eigenvalue weighted by molar-refractivity contribution is 7.90. The molecule has 10 heteroatoms. The molecule has 0 aromatic carbocycles. The lowest BCUT2D eigenvalue weighted by Gasteiger charge is -2.05. The van der Waals surface area contributed by atoms with Gasteiger partial charge in [-0.2, -0.15) is 0 Å². The highest BCUT2D eigenvalue weighted by Crippen LogP contribution is 2.06. The van der Waals surface area contributed by atoms with Crippen molar-refractivity contribution >= 4 is 25.8 Å². The molecule has 0 bridgehead atoms. The first-order valence-corrected chi connectivity index (χ1v) is 9.03. The van der Waals surface area contributed by atoms with Gasteiger partial charge < -0.3 is 5.11 Å². The van der Waals surface area contributed by atoms with E-state index in [0.717, 1.165) is 24.6 Å². The van der Waals surface area contributed by atoms with E-state index in [4.69, 9.17) is 5.11 Å². The summed E-state index contributed by atoms with van der Waals surface area (Å²) in [5.41, 5.74) is -0.124. The molecule has 0 aliphatic rings. The van der Waals surface area contributed by atoms with Crippen molar-refractivity contribution in [2.45, 2.75) is 11.4 Å². The Hall–Kier alpha value is -1.52. The lowest BCUT2D eigenvalue weighted by atomic mass is 10.3. The Bertz CT molecular complexity index is 679. The zero-order valence-corrected chi connectivity index (χ0v) is 12.2. The van der Waals surface area contributed by atoms with Gasteiger partial charge in [0.1, 0.15) is 9.84 Å². The highest BCUT2D eigenvalue weighted by Gasteiger charge is 2.16. The summed E-state index contributed by atoms with van der Waals surface area (Å²) in [5.74, 6) is -1.33. The molecule has 0 amide bonds. The van der Waals surface area contributed by atoms with E-state index in [9.17, 15) is 21.6 Å². The second kappa shape index (κ2) is 6.29. The standard InChI is InChI=1S/C10H14N2O6S2/c1-19(15,16)6-2-5-12-20(17,18)9-4-3-8(7-11-9)10(13)14/h3-4,7,12H,2,5-6H2,1H3,(H,13,14). The molecule has 0 spiro atoms. The average molecular weight is 322 g/mol. The second-order valence-electron chi connectivity index (χ2n) is 4.07. The maximum Gasteiger partial charge on any atom is 0.337 e. The molecule has 0 atom stereocenters. The number of aromatic carboxylic acids is 1. The van der Waals surface area contributed by atoms with E-state index in [1.165, 1.54) is 0 Å². The molecule has 8 nitrogen and oxygen atoms in total. The van der Waals surface area contributed by atoms with Crippen LogP contribution in [0.15, 0.2) is 23.4 Å². The number of sulfone groups is 1. The molecule has 0 fully saturated rings. The largest absolute Gasteiger partial charge is 0.478 e. The average Bonchev–Trinajstić information content (AvgIpc) is 2.34. The molecule has 0 aliphatic heterocycles. The fraction of sp³-hybridized carbons (Fsp3) is 0.400. The topological polar surface area (TPSA) is 130 Å². The number of carboxylic acids is 1. The predicted molar refractivity (Wildman–Crippen MR) is 70.7 cm³/mol. The molecule has 2 N–H and O–H groups in total.